The third kappa shape index (κ3) is 2.54. The van der Waals surface area contributed by atoms with Crippen LogP contribution in [-0.2, 0) is 9.47 Å². The van der Waals surface area contributed by atoms with Crippen molar-refractivity contribution in [2.75, 3.05) is 20.3 Å². The minimum atomic E-state index is -0.444. The van der Waals surface area contributed by atoms with Gasteiger partial charge in [0, 0.05) is 33.2 Å². The van der Waals surface area contributed by atoms with Gasteiger partial charge in [0.1, 0.15) is 5.82 Å². The number of nitrogens with two attached hydrogens (primary N) is 1. The predicted octanol–water partition coefficient (Wildman–Crippen LogP) is 1.53. The van der Waals surface area contributed by atoms with E-state index in [2.05, 4.69) is 5.43 Å². The zero-order chi connectivity index (χ0) is 13.0. The second-order valence-corrected chi connectivity index (χ2v) is 4.54. The molecule has 1 aliphatic rings. The Labute approximate surface area is 106 Å². The zero-order valence-electron chi connectivity index (χ0n) is 10.5. The summed E-state index contributed by atoms with van der Waals surface area (Å²) in [4.78, 5) is 0. The Morgan fingerprint density at radius 3 is 2.72 bits per heavy atom. The fourth-order valence-electron chi connectivity index (χ4n) is 2.57. The van der Waals surface area contributed by atoms with Gasteiger partial charge in [0.15, 0.2) is 0 Å². The number of halogens is 1. The number of benzene rings is 1. The number of nitrogens with one attached hydrogen (secondary N) is 1. The molecule has 0 spiro atoms. The van der Waals surface area contributed by atoms with Crippen molar-refractivity contribution < 1.29 is 13.9 Å². The van der Waals surface area contributed by atoms with E-state index in [0.29, 0.717) is 13.2 Å². The summed E-state index contributed by atoms with van der Waals surface area (Å²) in [6.07, 6.45) is 1.46. The van der Waals surface area contributed by atoms with E-state index in [4.69, 9.17) is 15.3 Å². The molecule has 1 aliphatic heterocycles. The molecule has 18 heavy (non-hydrogen) atoms. The molecular weight excluding hydrogens is 235 g/mol. The maximum absolute atomic E-state index is 13.3. The monoisotopic (exact) mass is 254 g/mol. The molecule has 1 saturated heterocycles. The van der Waals surface area contributed by atoms with E-state index >= 15 is 0 Å². The summed E-state index contributed by atoms with van der Waals surface area (Å²) >= 11 is 0. The van der Waals surface area contributed by atoms with Crippen molar-refractivity contribution in [3.05, 3.63) is 35.6 Å². The van der Waals surface area contributed by atoms with Crippen LogP contribution in [0.2, 0.25) is 0 Å². The van der Waals surface area contributed by atoms with Gasteiger partial charge >= 0.3 is 0 Å². The number of hydrogen-bond acceptors (Lipinski definition) is 4. The van der Waals surface area contributed by atoms with Gasteiger partial charge in [-0.25, -0.2) is 4.39 Å². The normalized spacial score (nSPS) is 20.6. The van der Waals surface area contributed by atoms with E-state index in [1.807, 2.05) is 6.07 Å². The first kappa shape index (κ1) is 13.4. The van der Waals surface area contributed by atoms with Gasteiger partial charge in [-0.1, -0.05) is 12.1 Å². The number of hydrogen-bond donors (Lipinski definition) is 2. The van der Waals surface area contributed by atoms with Gasteiger partial charge in [-0.3, -0.25) is 11.3 Å². The van der Waals surface area contributed by atoms with Crippen LogP contribution < -0.4 is 11.3 Å². The van der Waals surface area contributed by atoms with Crippen LogP contribution in [0, 0.1) is 5.82 Å². The average molecular weight is 254 g/mol. The number of ether oxygens (including phenoxy) is 2. The first-order chi connectivity index (χ1) is 8.72. The molecule has 0 aromatic heterocycles. The summed E-state index contributed by atoms with van der Waals surface area (Å²) in [5.41, 5.74) is 3.11. The molecular formula is C13H19FN2O2. The summed E-state index contributed by atoms with van der Waals surface area (Å²) in [5.74, 6) is 5.38. The van der Waals surface area contributed by atoms with E-state index in [1.165, 1.54) is 12.1 Å². The highest BCUT2D eigenvalue weighted by molar-refractivity contribution is 5.23. The SMILES string of the molecule is COC1(C(NN)c2cccc(F)c2)CCOCC1. The van der Waals surface area contributed by atoms with Crippen LogP contribution in [0.15, 0.2) is 24.3 Å². The van der Waals surface area contributed by atoms with Gasteiger partial charge in [-0.05, 0) is 17.7 Å². The average Bonchev–Trinajstić information content (AvgIpc) is 2.41. The van der Waals surface area contributed by atoms with Crippen LogP contribution >= 0.6 is 0 Å². The summed E-state index contributed by atoms with van der Waals surface area (Å²) in [6, 6.07) is 6.19. The molecule has 4 nitrogen and oxygen atoms in total. The first-order valence-corrected chi connectivity index (χ1v) is 6.06. The van der Waals surface area contributed by atoms with Crippen LogP contribution in [0.1, 0.15) is 24.4 Å². The zero-order valence-corrected chi connectivity index (χ0v) is 10.5. The van der Waals surface area contributed by atoms with E-state index in [1.54, 1.807) is 13.2 Å². The molecule has 1 atom stereocenters. The molecule has 1 fully saturated rings. The fraction of sp³-hybridized carbons (Fsp3) is 0.538. The van der Waals surface area contributed by atoms with Crippen LogP contribution in [0.5, 0.6) is 0 Å². The molecule has 0 bridgehead atoms. The standard InChI is InChI=1S/C13H19FN2O2/c1-17-13(5-7-18-8-6-13)12(16-15)10-3-2-4-11(14)9-10/h2-4,9,12,16H,5-8,15H2,1H3. The van der Waals surface area contributed by atoms with Crippen molar-refractivity contribution >= 4 is 0 Å². The van der Waals surface area contributed by atoms with Gasteiger partial charge in [0.25, 0.3) is 0 Å². The second-order valence-electron chi connectivity index (χ2n) is 4.54. The van der Waals surface area contributed by atoms with Crippen LogP contribution in [0.25, 0.3) is 0 Å². The van der Waals surface area contributed by atoms with E-state index in [0.717, 1.165) is 18.4 Å². The van der Waals surface area contributed by atoms with Crippen LogP contribution in [0.3, 0.4) is 0 Å². The summed E-state index contributed by atoms with van der Waals surface area (Å²) in [6.45, 7) is 1.25. The molecule has 1 aromatic carbocycles. The Morgan fingerprint density at radius 1 is 1.44 bits per heavy atom. The van der Waals surface area contributed by atoms with Gasteiger partial charge in [0.2, 0.25) is 0 Å². The highest BCUT2D eigenvalue weighted by atomic mass is 19.1. The molecule has 2 rings (SSSR count). The molecule has 3 N–H and O–H groups in total. The van der Waals surface area contributed by atoms with Crippen LogP contribution in [0.4, 0.5) is 4.39 Å². The maximum Gasteiger partial charge on any atom is 0.123 e. The first-order valence-electron chi connectivity index (χ1n) is 6.06. The largest absolute Gasteiger partial charge is 0.381 e. The number of rotatable bonds is 4. The van der Waals surface area contributed by atoms with Crippen molar-refractivity contribution in [1.82, 2.24) is 5.43 Å². The third-order valence-electron chi connectivity index (χ3n) is 3.62. The van der Waals surface area contributed by atoms with Gasteiger partial charge in [-0.2, -0.15) is 0 Å². The van der Waals surface area contributed by atoms with Gasteiger partial charge in [-0.15, -0.1) is 0 Å². The second kappa shape index (κ2) is 5.75. The van der Waals surface area contributed by atoms with Crippen molar-refractivity contribution in [1.29, 1.82) is 0 Å². The number of methoxy groups -OCH3 is 1. The Hall–Kier alpha value is -1.01. The van der Waals surface area contributed by atoms with Crippen molar-refractivity contribution in [3.8, 4) is 0 Å². The molecule has 1 heterocycles. The Bertz CT molecular complexity index is 394. The minimum Gasteiger partial charge on any atom is -0.381 e. The molecule has 1 aromatic rings. The molecule has 0 saturated carbocycles. The minimum absolute atomic E-state index is 0.248. The molecule has 0 radical (unpaired) electrons. The lowest BCUT2D eigenvalue weighted by atomic mass is 9.82. The molecule has 5 heteroatoms. The van der Waals surface area contributed by atoms with E-state index < -0.39 is 5.60 Å². The number of hydrazine groups is 1. The van der Waals surface area contributed by atoms with Crippen molar-refractivity contribution in [2.45, 2.75) is 24.5 Å². The highest BCUT2D eigenvalue weighted by Gasteiger charge is 2.41. The highest BCUT2D eigenvalue weighted by Crippen LogP contribution is 2.36. The Balaban J connectivity index is 2.31. The van der Waals surface area contributed by atoms with E-state index in [9.17, 15) is 4.39 Å². The molecule has 1 unspecified atom stereocenters. The van der Waals surface area contributed by atoms with E-state index in [-0.39, 0.29) is 11.9 Å². The smallest absolute Gasteiger partial charge is 0.123 e. The maximum atomic E-state index is 13.3. The molecule has 100 valence electrons. The van der Waals surface area contributed by atoms with Crippen molar-refractivity contribution in [2.24, 2.45) is 5.84 Å². The summed E-state index contributed by atoms with van der Waals surface area (Å²) in [7, 11) is 1.66. The predicted molar refractivity (Wildman–Crippen MR) is 66.3 cm³/mol. The Kier molecular flexibility index (Phi) is 4.29. The quantitative estimate of drug-likeness (QED) is 0.632. The summed E-state index contributed by atoms with van der Waals surface area (Å²) < 4.78 is 24.4. The molecule has 0 aliphatic carbocycles. The fourth-order valence-corrected chi connectivity index (χ4v) is 2.57. The lowest BCUT2D eigenvalue weighted by Gasteiger charge is -2.42. The molecule has 0 amide bonds. The summed E-state index contributed by atoms with van der Waals surface area (Å²) in [5, 5.41) is 0. The van der Waals surface area contributed by atoms with Gasteiger partial charge in [0.05, 0.1) is 11.6 Å². The lowest BCUT2D eigenvalue weighted by molar-refractivity contribution is -0.111. The van der Waals surface area contributed by atoms with Crippen LogP contribution in [-0.4, -0.2) is 25.9 Å². The topological polar surface area (TPSA) is 56.5 Å². The lowest BCUT2D eigenvalue weighted by Crippen LogP contribution is -2.51. The van der Waals surface area contributed by atoms with Gasteiger partial charge < -0.3 is 9.47 Å². The van der Waals surface area contributed by atoms with Crippen molar-refractivity contribution in [3.63, 3.8) is 0 Å². The Morgan fingerprint density at radius 2 is 2.17 bits per heavy atom. The third-order valence-corrected chi connectivity index (χ3v) is 3.62.